The number of aromatic nitrogens is 1. The molecule has 0 aliphatic carbocycles. The number of ether oxygens (including phenoxy) is 1. The molecule has 0 radical (unpaired) electrons. The number of hydrogen-bond donors (Lipinski definition) is 3. The van der Waals surface area contributed by atoms with Crippen molar-refractivity contribution in [3.8, 4) is 0 Å². The van der Waals surface area contributed by atoms with Crippen molar-refractivity contribution >= 4 is 41.0 Å². The van der Waals surface area contributed by atoms with Crippen LogP contribution in [0.1, 0.15) is 18.7 Å². The average molecular weight is 302 g/mol. The van der Waals surface area contributed by atoms with Gasteiger partial charge in [0.1, 0.15) is 11.5 Å². The molecule has 1 fully saturated rings. The molecule has 1 aromatic heterocycles. The van der Waals surface area contributed by atoms with Crippen LogP contribution in [0.4, 0.5) is 5.13 Å². The van der Waals surface area contributed by atoms with Crippen LogP contribution in [0, 0.1) is 0 Å². The van der Waals surface area contributed by atoms with Gasteiger partial charge in [0.2, 0.25) is 5.91 Å². The Bertz CT molecular complexity index is 493. The lowest BCUT2D eigenvalue weighted by Crippen LogP contribution is -2.33. The first-order valence-electron chi connectivity index (χ1n) is 5.65. The number of nitrogens with zero attached hydrogens (tertiary/aromatic N) is 2. The van der Waals surface area contributed by atoms with Crippen LogP contribution in [-0.4, -0.2) is 35.5 Å². The topological polar surface area (TPSA) is 97.5 Å². The minimum Gasteiger partial charge on any atom is -0.465 e. The highest BCUT2D eigenvalue weighted by atomic mass is 32.1. The summed E-state index contributed by atoms with van der Waals surface area (Å²) in [6.45, 7) is 2.18. The molecule has 0 spiro atoms. The molecule has 1 aromatic rings. The van der Waals surface area contributed by atoms with Gasteiger partial charge in [0, 0.05) is 5.38 Å². The number of esters is 1. The Morgan fingerprint density at radius 1 is 1.84 bits per heavy atom. The fourth-order valence-electron chi connectivity index (χ4n) is 1.59. The third-order valence-corrected chi connectivity index (χ3v) is 3.80. The summed E-state index contributed by atoms with van der Waals surface area (Å²) in [5.74, 6) is -0.654. The molecular formula is C10H14N4O3S2. The number of rotatable bonds is 4. The number of nitrogens with two attached hydrogens (primary N) is 1. The molecule has 1 amide bonds. The molecule has 104 valence electrons. The number of amides is 1. The average Bonchev–Trinajstić information content (AvgIpc) is 2.96. The summed E-state index contributed by atoms with van der Waals surface area (Å²) >= 11 is 5.47. The van der Waals surface area contributed by atoms with E-state index in [4.69, 9.17) is 10.5 Å². The van der Waals surface area contributed by atoms with E-state index in [0.29, 0.717) is 10.8 Å². The predicted molar refractivity (Wildman–Crippen MR) is 73.9 cm³/mol. The predicted octanol–water partition coefficient (Wildman–Crippen LogP) is -0.144. The van der Waals surface area contributed by atoms with Crippen molar-refractivity contribution in [2.24, 2.45) is 5.73 Å². The van der Waals surface area contributed by atoms with E-state index in [0.717, 1.165) is 0 Å². The third-order valence-electron chi connectivity index (χ3n) is 2.52. The summed E-state index contributed by atoms with van der Waals surface area (Å²) in [7, 11) is 0. The van der Waals surface area contributed by atoms with Gasteiger partial charge in [-0.3, -0.25) is 15.0 Å². The maximum atomic E-state index is 11.7. The van der Waals surface area contributed by atoms with E-state index in [1.165, 1.54) is 16.2 Å². The lowest BCUT2D eigenvalue weighted by Gasteiger charge is -2.16. The summed E-state index contributed by atoms with van der Waals surface area (Å²) in [6.07, 6.45) is 0. The van der Waals surface area contributed by atoms with E-state index in [1.807, 2.05) is 0 Å². The molecule has 7 nitrogen and oxygen atoms in total. The first kappa shape index (κ1) is 14.3. The van der Waals surface area contributed by atoms with Crippen LogP contribution >= 0.6 is 24.0 Å². The first-order chi connectivity index (χ1) is 9.04. The number of thiazole rings is 1. The second-order valence-corrected chi connectivity index (χ2v) is 5.13. The highest BCUT2D eigenvalue weighted by molar-refractivity contribution is 7.81. The Balaban J connectivity index is 2.15. The highest BCUT2D eigenvalue weighted by Crippen LogP contribution is 2.27. The summed E-state index contributed by atoms with van der Waals surface area (Å²) in [5.41, 5.74) is 5.71. The highest BCUT2D eigenvalue weighted by Gasteiger charge is 2.32. The number of carbonyl (C=O) groups is 2. The normalized spacial score (nSPS) is 20.7. The van der Waals surface area contributed by atoms with Gasteiger partial charge in [0.15, 0.2) is 5.13 Å². The Morgan fingerprint density at radius 3 is 3.16 bits per heavy atom. The van der Waals surface area contributed by atoms with Gasteiger partial charge in [-0.15, -0.1) is 24.0 Å². The van der Waals surface area contributed by atoms with E-state index < -0.39 is 17.5 Å². The summed E-state index contributed by atoms with van der Waals surface area (Å²) < 4.78 is 4.83. The molecule has 1 aliphatic rings. The molecule has 19 heavy (non-hydrogen) atoms. The number of carbonyl (C=O) groups excluding carboxylic acids is 2. The smallest absolute Gasteiger partial charge is 0.329 e. The van der Waals surface area contributed by atoms with Crippen molar-refractivity contribution in [3.63, 3.8) is 0 Å². The van der Waals surface area contributed by atoms with E-state index in [-0.39, 0.29) is 19.1 Å². The Hall–Kier alpha value is -1.16. The van der Waals surface area contributed by atoms with Crippen molar-refractivity contribution in [1.82, 2.24) is 10.3 Å². The van der Waals surface area contributed by atoms with Gasteiger partial charge < -0.3 is 10.5 Å². The number of nitrogens with one attached hydrogen (secondary N) is 1. The molecule has 0 aromatic carbocycles. The van der Waals surface area contributed by atoms with Crippen LogP contribution in [0.3, 0.4) is 0 Å². The Labute approximate surface area is 119 Å². The van der Waals surface area contributed by atoms with Gasteiger partial charge in [0.25, 0.3) is 0 Å². The van der Waals surface area contributed by atoms with Gasteiger partial charge in [0.05, 0.1) is 18.8 Å². The van der Waals surface area contributed by atoms with Crippen molar-refractivity contribution in [3.05, 3.63) is 11.1 Å². The lowest BCUT2D eigenvalue weighted by atomic mass is 10.2. The number of anilines is 1. The van der Waals surface area contributed by atoms with E-state index in [2.05, 4.69) is 22.9 Å². The molecule has 2 rings (SSSR count). The molecule has 3 N–H and O–H groups in total. The van der Waals surface area contributed by atoms with Crippen LogP contribution in [0.2, 0.25) is 0 Å². The van der Waals surface area contributed by atoms with Crippen LogP contribution in [0.15, 0.2) is 5.38 Å². The zero-order chi connectivity index (χ0) is 14.0. The fraction of sp³-hybridized carbons (Fsp3) is 0.500. The van der Waals surface area contributed by atoms with Gasteiger partial charge in [-0.2, -0.15) is 0 Å². The summed E-state index contributed by atoms with van der Waals surface area (Å²) in [5, 5.41) is 4.99. The summed E-state index contributed by atoms with van der Waals surface area (Å²) in [6, 6.07) is -0.936. The van der Waals surface area contributed by atoms with E-state index >= 15 is 0 Å². The van der Waals surface area contributed by atoms with Crippen LogP contribution in [0.5, 0.6) is 0 Å². The second-order valence-electron chi connectivity index (χ2n) is 3.80. The van der Waals surface area contributed by atoms with Crippen molar-refractivity contribution in [1.29, 1.82) is 0 Å². The van der Waals surface area contributed by atoms with Gasteiger partial charge in [-0.25, -0.2) is 9.78 Å². The molecule has 2 heterocycles. The number of hydrogen-bond acceptors (Lipinski definition) is 8. The van der Waals surface area contributed by atoms with Crippen molar-refractivity contribution < 1.29 is 14.3 Å². The first-order valence-corrected chi connectivity index (χ1v) is 7.05. The van der Waals surface area contributed by atoms with Crippen molar-refractivity contribution in [2.75, 3.05) is 18.1 Å². The molecular weight excluding hydrogens is 288 g/mol. The fourth-order valence-corrected chi connectivity index (χ4v) is 2.90. The maximum absolute atomic E-state index is 11.7. The van der Waals surface area contributed by atoms with Crippen LogP contribution < -0.4 is 16.0 Å². The Morgan fingerprint density at radius 2 is 2.58 bits per heavy atom. The molecule has 1 aliphatic heterocycles. The number of thiol groups is 1. The lowest BCUT2D eigenvalue weighted by molar-refractivity contribution is -0.144. The summed E-state index contributed by atoms with van der Waals surface area (Å²) in [4.78, 5) is 28.8. The molecule has 0 bridgehead atoms. The SMILES string of the molecule is CCOC(=O)C(N)c1csc(N2C(=O)CNC2S)n1. The monoisotopic (exact) mass is 302 g/mol. The van der Waals surface area contributed by atoms with Gasteiger partial charge >= 0.3 is 5.97 Å². The van der Waals surface area contributed by atoms with Crippen LogP contribution in [-0.2, 0) is 14.3 Å². The van der Waals surface area contributed by atoms with Gasteiger partial charge in [-0.05, 0) is 6.92 Å². The standard InChI is InChI=1S/C10H14N4O3S2/c1-2-17-8(16)7(11)5-4-19-10(13-5)14-6(15)3-12-9(14)18/h4,7,9,12,18H,2-3,11H2,1H3. The van der Waals surface area contributed by atoms with Crippen molar-refractivity contribution in [2.45, 2.75) is 18.5 Å². The molecule has 0 saturated carbocycles. The van der Waals surface area contributed by atoms with Gasteiger partial charge in [-0.1, -0.05) is 0 Å². The minimum absolute atomic E-state index is 0.120. The zero-order valence-electron chi connectivity index (χ0n) is 10.2. The Kier molecular flexibility index (Phi) is 4.40. The zero-order valence-corrected chi connectivity index (χ0v) is 11.9. The minimum atomic E-state index is -0.936. The molecule has 2 atom stereocenters. The largest absolute Gasteiger partial charge is 0.465 e. The van der Waals surface area contributed by atoms with E-state index in [9.17, 15) is 9.59 Å². The maximum Gasteiger partial charge on any atom is 0.329 e. The molecule has 2 unspecified atom stereocenters. The third kappa shape index (κ3) is 2.89. The molecule has 1 saturated heterocycles. The quantitative estimate of drug-likeness (QED) is 0.529. The second kappa shape index (κ2) is 5.87. The van der Waals surface area contributed by atoms with E-state index in [1.54, 1.807) is 12.3 Å². The van der Waals surface area contributed by atoms with Crippen LogP contribution in [0.25, 0.3) is 0 Å². The molecule has 9 heteroatoms.